The van der Waals surface area contributed by atoms with Crippen LogP contribution in [0.5, 0.6) is 0 Å². The molecule has 0 bridgehead atoms. The molecule has 1 aromatic carbocycles. The fourth-order valence-corrected chi connectivity index (χ4v) is 5.65. The summed E-state index contributed by atoms with van der Waals surface area (Å²) in [6.45, 7) is 5.22. The average Bonchev–Trinajstić information content (AvgIpc) is 3.29. The lowest BCUT2D eigenvalue weighted by Crippen LogP contribution is -2.63. The zero-order valence-electron chi connectivity index (χ0n) is 21.0. The van der Waals surface area contributed by atoms with Crippen LogP contribution in [0, 0.1) is 11.3 Å². The number of Topliss-reactive ketones (excluding diaryl/α,β-unsaturated/α-hetero) is 1. The first-order chi connectivity index (χ1) is 16.9. The number of nitrogens with one attached hydrogen (secondary N) is 2. The van der Waals surface area contributed by atoms with Crippen LogP contribution in [-0.2, 0) is 14.4 Å². The Labute approximate surface area is 208 Å². The highest BCUT2D eigenvalue weighted by atomic mass is 16.2. The molecule has 2 amide bonds. The molecule has 1 atom stereocenters. The van der Waals surface area contributed by atoms with Crippen LogP contribution < -0.4 is 5.32 Å². The van der Waals surface area contributed by atoms with Crippen molar-refractivity contribution < 1.29 is 14.4 Å². The van der Waals surface area contributed by atoms with E-state index in [0.717, 1.165) is 68.7 Å². The molecule has 1 unspecified atom stereocenters. The number of carbonyl (C=O) groups is 3. The minimum Gasteiger partial charge on any atom is -0.346 e. The first-order valence-electron chi connectivity index (χ1n) is 13.0. The summed E-state index contributed by atoms with van der Waals surface area (Å²) in [6.07, 6.45) is 9.21. The number of ketones is 1. The molecule has 35 heavy (non-hydrogen) atoms. The summed E-state index contributed by atoms with van der Waals surface area (Å²) in [5, 5.41) is 3.23. The predicted molar refractivity (Wildman–Crippen MR) is 135 cm³/mol. The number of aromatic amines is 1. The summed E-state index contributed by atoms with van der Waals surface area (Å²) in [4.78, 5) is 45.9. The highest BCUT2D eigenvalue weighted by molar-refractivity contribution is 5.78. The van der Waals surface area contributed by atoms with E-state index < -0.39 is 0 Å². The average molecular weight is 479 g/mol. The number of rotatable bonds is 12. The lowest BCUT2D eigenvalue weighted by molar-refractivity contribution is -0.154. The Morgan fingerprint density at radius 1 is 1.14 bits per heavy atom. The number of H-pyrrole nitrogens is 1. The van der Waals surface area contributed by atoms with Crippen LogP contribution in [0.3, 0.4) is 0 Å². The van der Waals surface area contributed by atoms with Gasteiger partial charge in [-0.2, -0.15) is 0 Å². The van der Waals surface area contributed by atoms with E-state index in [2.05, 4.69) is 15.3 Å². The largest absolute Gasteiger partial charge is 0.346 e. The Balaban J connectivity index is 1.31. The fraction of sp³-hybridized carbons (Fsp3) is 0.571. The van der Waals surface area contributed by atoms with Gasteiger partial charge in [0.05, 0.1) is 17.9 Å². The second kappa shape index (κ2) is 11.2. The van der Waals surface area contributed by atoms with Crippen LogP contribution >= 0.6 is 0 Å². The maximum Gasteiger partial charge on any atom is 0.220 e. The molecule has 7 nitrogen and oxygen atoms in total. The molecule has 1 spiro atoms. The minimum atomic E-state index is -0.173. The van der Waals surface area contributed by atoms with Crippen LogP contribution in [0.4, 0.5) is 0 Å². The minimum absolute atomic E-state index is 0.0661. The molecular formula is C28H38N4O3. The van der Waals surface area contributed by atoms with Crippen molar-refractivity contribution in [3.05, 3.63) is 42.4 Å². The van der Waals surface area contributed by atoms with Crippen LogP contribution in [0.1, 0.15) is 83.5 Å². The predicted octanol–water partition coefficient (Wildman–Crippen LogP) is 4.81. The topological polar surface area (TPSA) is 95.2 Å². The zero-order chi connectivity index (χ0) is 24.8. The molecule has 2 fully saturated rings. The van der Waals surface area contributed by atoms with E-state index in [0.29, 0.717) is 31.0 Å². The molecule has 2 N–H and O–H groups in total. The smallest absolute Gasteiger partial charge is 0.220 e. The molecule has 1 aliphatic carbocycles. The van der Waals surface area contributed by atoms with E-state index in [4.69, 9.17) is 0 Å². The van der Waals surface area contributed by atoms with Gasteiger partial charge in [-0.1, -0.05) is 50.1 Å². The highest BCUT2D eigenvalue weighted by Gasteiger charge is 2.53. The maximum atomic E-state index is 13.0. The molecule has 1 saturated heterocycles. The van der Waals surface area contributed by atoms with Crippen molar-refractivity contribution in [2.75, 3.05) is 13.1 Å². The second-order valence-electron chi connectivity index (χ2n) is 10.5. The second-order valence-corrected chi connectivity index (χ2v) is 10.5. The molecule has 2 heterocycles. The van der Waals surface area contributed by atoms with Gasteiger partial charge in [-0.3, -0.25) is 14.4 Å². The summed E-state index contributed by atoms with van der Waals surface area (Å²) in [7, 11) is 0. The summed E-state index contributed by atoms with van der Waals surface area (Å²) in [5.41, 5.74) is 2.26. The van der Waals surface area contributed by atoms with Gasteiger partial charge in [0.25, 0.3) is 0 Å². The van der Waals surface area contributed by atoms with E-state index in [9.17, 15) is 14.4 Å². The Hall–Kier alpha value is -2.96. The third kappa shape index (κ3) is 6.38. The van der Waals surface area contributed by atoms with Crippen molar-refractivity contribution in [1.29, 1.82) is 0 Å². The monoisotopic (exact) mass is 478 g/mol. The van der Waals surface area contributed by atoms with Gasteiger partial charge in [-0.05, 0) is 37.2 Å². The molecular weight excluding hydrogens is 440 g/mol. The lowest BCUT2D eigenvalue weighted by Gasteiger charge is -2.59. The van der Waals surface area contributed by atoms with E-state index in [1.165, 1.54) is 0 Å². The van der Waals surface area contributed by atoms with Crippen LogP contribution in [0.15, 0.2) is 36.5 Å². The van der Waals surface area contributed by atoms with Crippen molar-refractivity contribution >= 4 is 17.6 Å². The number of imidazole rings is 1. The number of amides is 2. The van der Waals surface area contributed by atoms with E-state index in [1.807, 2.05) is 48.4 Å². The normalized spacial score (nSPS) is 17.5. The first-order valence-corrected chi connectivity index (χ1v) is 13.0. The van der Waals surface area contributed by atoms with Crippen molar-refractivity contribution in [3.8, 4) is 11.3 Å². The van der Waals surface area contributed by atoms with Gasteiger partial charge >= 0.3 is 0 Å². The summed E-state index contributed by atoms with van der Waals surface area (Å²) >= 11 is 0. The Kier molecular flexibility index (Phi) is 8.04. The van der Waals surface area contributed by atoms with Crippen molar-refractivity contribution in [3.63, 3.8) is 0 Å². The van der Waals surface area contributed by atoms with E-state index in [1.54, 1.807) is 6.92 Å². The number of hydrogen-bond acceptors (Lipinski definition) is 4. The fourth-order valence-electron chi connectivity index (χ4n) is 5.65. The number of nitrogens with zero attached hydrogens (tertiary/aromatic N) is 2. The number of carbonyl (C=O) groups excluding carboxylic acids is 3. The van der Waals surface area contributed by atoms with Crippen LogP contribution in [0.25, 0.3) is 11.3 Å². The van der Waals surface area contributed by atoms with Gasteiger partial charge < -0.3 is 15.2 Å². The molecule has 7 heteroatoms. The zero-order valence-corrected chi connectivity index (χ0v) is 21.0. The van der Waals surface area contributed by atoms with E-state index in [-0.39, 0.29) is 23.3 Å². The lowest BCUT2D eigenvalue weighted by atomic mass is 9.57. The molecule has 188 valence electrons. The van der Waals surface area contributed by atoms with E-state index >= 15 is 0 Å². The van der Waals surface area contributed by atoms with Crippen molar-refractivity contribution in [2.45, 2.75) is 77.7 Å². The van der Waals surface area contributed by atoms with Crippen molar-refractivity contribution in [1.82, 2.24) is 20.2 Å². The SMILES string of the molecule is CCC(=O)CCCCCC(NC(=O)CC1CC2(C1)CN(C(C)=O)C2)c1ncc(-c2ccccc2)[nH]1. The Morgan fingerprint density at radius 3 is 2.57 bits per heavy atom. The van der Waals surface area contributed by atoms with Crippen molar-refractivity contribution in [2.24, 2.45) is 11.3 Å². The first kappa shape index (κ1) is 25.1. The Bertz CT molecular complexity index is 1020. The summed E-state index contributed by atoms with van der Waals surface area (Å²) in [5.74, 6) is 1.69. The third-order valence-corrected chi connectivity index (χ3v) is 7.60. The molecule has 1 aliphatic heterocycles. The summed E-state index contributed by atoms with van der Waals surface area (Å²) in [6, 6.07) is 9.88. The van der Waals surface area contributed by atoms with Gasteiger partial charge in [-0.25, -0.2) is 4.98 Å². The Morgan fingerprint density at radius 2 is 1.89 bits per heavy atom. The van der Waals surface area contributed by atoms with Gasteiger partial charge in [0.1, 0.15) is 11.6 Å². The number of benzene rings is 1. The van der Waals surface area contributed by atoms with Crippen LogP contribution in [-0.4, -0.2) is 45.6 Å². The number of hydrogen-bond donors (Lipinski definition) is 2. The van der Waals surface area contributed by atoms with Gasteiger partial charge in [0, 0.05) is 44.7 Å². The quantitative estimate of drug-likeness (QED) is 0.428. The molecule has 0 radical (unpaired) electrons. The number of likely N-dealkylation sites (tertiary alicyclic amines) is 1. The molecule has 1 saturated carbocycles. The standard InChI is InChI=1S/C28H38N4O3/c1-3-23(34)12-8-5-9-13-24(27-29-17-25(31-27)22-10-6-4-7-11-22)30-26(35)14-21-15-28(16-21)18-32(19-28)20(2)33/h4,6-7,10-11,17,21,24H,3,5,8-9,12-16,18-19H2,1-2H3,(H,29,31)(H,30,35). The number of unbranched alkanes of at least 4 members (excludes halogenated alkanes) is 2. The highest BCUT2D eigenvalue weighted by Crippen LogP contribution is 2.53. The number of aromatic nitrogens is 2. The van der Waals surface area contributed by atoms with Crippen LogP contribution in [0.2, 0.25) is 0 Å². The molecule has 2 aromatic rings. The molecule has 4 rings (SSSR count). The maximum absolute atomic E-state index is 13.0. The molecule has 2 aliphatic rings. The van der Waals surface area contributed by atoms with Gasteiger partial charge in [-0.15, -0.1) is 0 Å². The third-order valence-electron chi connectivity index (χ3n) is 7.60. The van der Waals surface area contributed by atoms with Gasteiger partial charge in [0.15, 0.2) is 0 Å². The molecule has 1 aromatic heterocycles. The van der Waals surface area contributed by atoms with Gasteiger partial charge in [0.2, 0.25) is 11.8 Å². The summed E-state index contributed by atoms with van der Waals surface area (Å²) < 4.78 is 0.